The molecule has 2 aliphatic rings. The van der Waals surface area contributed by atoms with Crippen LogP contribution in [0.2, 0.25) is 5.02 Å². The number of halogens is 1. The topological polar surface area (TPSA) is 110 Å². The van der Waals surface area contributed by atoms with E-state index in [2.05, 4.69) is 0 Å². The Morgan fingerprint density at radius 2 is 1.97 bits per heavy atom. The van der Waals surface area contributed by atoms with Crippen LogP contribution in [0.4, 0.5) is 5.69 Å². The van der Waals surface area contributed by atoms with Gasteiger partial charge in [0.1, 0.15) is 22.8 Å². The summed E-state index contributed by atoms with van der Waals surface area (Å²) in [6.07, 6.45) is 0. The standard InChI is InChI=1S/C21H12ClN3O4/c1-25-14-7-6-10(22)8-12(14)21(20(25)27)13(9-23)18(24)29-17-11-4-2-3-5-15(11)28-19(26)16(17)21/h2-8H,24H2,1H3/t21-/m1/s1. The Morgan fingerprint density at radius 1 is 1.21 bits per heavy atom. The number of amides is 1. The summed E-state index contributed by atoms with van der Waals surface area (Å²) in [7, 11) is 1.56. The van der Waals surface area contributed by atoms with Gasteiger partial charge in [0, 0.05) is 23.3 Å². The van der Waals surface area contributed by atoms with E-state index in [4.69, 9.17) is 26.5 Å². The van der Waals surface area contributed by atoms with Crippen LogP contribution in [-0.4, -0.2) is 13.0 Å². The van der Waals surface area contributed by atoms with Crippen LogP contribution in [0.1, 0.15) is 11.1 Å². The molecule has 1 atom stereocenters. The monoisotopic (exact) mass is 405 g/mol. The Morgan fingerprint density at radius 3 is 2.72 bits per heavy atom. The number of hydrogen-bond acceptors (Lipinski definition) is 6. The number of nitrogens with zero attached hydrogens (tertiary/aromatic N) is 2. The van der Waals surface area contributed by atoms with Crippen molar-refractivity contribution < 1.29 is 13.9 Å². The summed E-state index contributed by atoms with van der Waals surface area (Å²) in [4.78, 5) is 28.1. The van der Waals surface area contributed by atoms with Crippen LogP contribution in [0.3, 0.4) is 0 Å². The maximum Gasteiger partial charge on any atom is 0.345 e. The molecule has 1 spiro atoms. The summed E-state index contributed by atoms with van der Waals surface area (Å²) in [6, 6.07) is 13.6. The Labute approximate surface area is 169 Å². The molecule has 0 saturated heterocycles. The van der Waals surface area contributed by atoms with Gasteiger partial charge in [-0.3, -0.25) is 4.79 Å². The minimum atomic E-state index is -1.80. The molecular formula is C21H12ClN3O4. The molecule has 0 aliphatic carbocycles. The molecule has 29 heavy (non-hydrogen) atoms. The number of benzene rings is 2. The van der Waals surface area contributed by atoms with Crippen LogP contribution in [-0.2, 0) is 10.2 Å². The van der Waals surface area contributed by atoms with Crippen LogP contribution in [0, 0.1) is 11.3 Å². The zero-order chi connectivity index (χ0) is 20.5. The second-order valence-corrected chi connectivity index (χ2v) is 7.25. The SMILES string of the molecule is CN1C(=O)[C@@]2(C(C#N)=C(N)Oc3c2c(=O)oc2ccccc32)c2cc(Cl)ccc21. The number of hydrogen-bond donors (Lipinski definition) is 1. The summed E-state index contributed by atoms with van der Waals surface area (Å²) in [5.74, 6) is -0.658. The quantitative estimate of drug-likeness (QED) is 0.576. The zero-order valence-corrected chi connectivity index (χ0v) is 15.8. The first-order valence-corrected chi connectivity index (χ1v) is 9.01. The first-order valence-electron chi connectivity index (χ1n) is 8.64. The Balaban J connectivity index is 2.04. The van der Waals surface area contributed by atoms with Gasteiger partial charge in [0.2, 0.25) is 11.8 Å². The third-order valence-corrected chi connectivity index (χ3v) is 5.67. The van der Waals surface area contributed by atoms with Gasteiger partial charge in [-0.1, -0.05) is 23.7 Å². The van der Waals surface area contributed by atoms with Crippen molar-refractivity contribution in [3.05, 3.63) is 80.5 Å². The molecule has 0 fully saturated rings. The molecule has 0 radical (unpaired) electrons. The average Bonchev–Trinajstić information content (AvgIpc) is 2.90. The molecule has 0 saturated carbocycles. The number of nitrogens with two attached hydrogens (primary N) is 1. The molecule has 7 nitrogen and oxygen atoms in total. The number of ether oxygens (including phenoxy) is 1. The van der Waals surface area contributed by atoms with E-state index >= 15 is 0 Å². The van der Waals surface area contributed by atoms with Gasteiger partial charge in [-0.2, -0.15) is 5.26 Å². The van der Waals surface area contributed by atoms with E-state index in [-0.39, 0.29) is 28.4 Å². The van der Waals surface area contributed by atoms with Crippen molar-refractivity contribution >= 4 is 34.2 Å². The fourth-order valence-corrected chi connectivity index (χ4v) is 4.39. The Bertz CT molecular complexity index is 1380. The lowest BCUT2D eigenvalue weighted by atomic mass is 9.69. The van der Waals surface area contributed by atoms with E-state index in [9.17, 15) is 14.9 Å². The van der Waals surface area contributed by atoms with Gasteiger partial charge in [0.25, 0.3) is 0 Å². The molecule has 1 aromatic heterocycles. The summed E-state index contributed by atoms with van der Waals surface area (Å²) in [5, 5.41) is 10.7. The van der Waals surface area contributed by atoms with Crippen LogP contribution in [0.5, 0.6) is 5.75 Å². The highest BCUT2D eigenvalue weighted by Crippen LogP contribution is 2.55. The fraction of sp³-hybridized carbons (Fsp3) is 0.0952. The maximum atomic E-state index is 13.6. The fourth-order valence-electron chi connectivity index (χ4n) is 4.22. The van der Waals surface area contributed by atoms with Crippen molar-refractivity contribution in [2.45, 2.75) is 5.41 Å². The number of fused-ring (bicyclic) bond motifs is 6. The van der Waals surface area contributed by atoms with E-state index in [1.807, 2.05) is 6.07 Å². The molecule has 3 heterocycles. The summed E-state index contributed by atoms with van der Waals surface area (Å²) >= 11 is 6.22. The molecule has 1 amide bonds. The molecule has 3 aromatic rings. The minimum Gasteiger partial charge on any atom is -0.439 e. The van der Waals surface area contributed by atoms with E-state index < -0.39 is 16.9 Å². The van der Waals surface area contributed by atoms with E-state index in [1.165, 1.54) is 4.90 Å². The molecule has 2 aromatic carbocycles. The number of carbonyl (C=O) groups excluding carboxylic acids is 1. The van der Waals surface area contributed by atoms with Crippen LogP contribution in [0.15, 0.2) is 63.1 Å². The molecule has 142 valence electrons. The predicted octanol–water partition coefficient (Wildman–Crippen LogP) is 2.80. The van der Waals surface area contributed by atoms with Crippen molar-refractivity contribution in [2.75, 3.05) is 11.9 Å². The Hall–Kier alpha value is -3.76. The second-order valence-electron chi connectivity index (χ2n) is 6.82. The van der Waals surface area contributed by atoms with Crippen molar-refractivity contribution in [1.29, 1.82) is 5.26 Å². The second kappa shape index (κ2) is 5.63. The maximum absolute atomic E-state index is 13.6. The number of anilines is 1. The molecular weight excluding hydrogens is 394 g/mol. The minimum absolute atomic E-state index is 0.0835. The molecule has 0 unspecified atom stereocenters. The van der Waals surface area contributed by atoms with Gasteiger partial charge in [0.05, 0.1) is 5.39 Å². The third kappa shape index (κ3) is 1.96. The highest BCUT2D eigenvalue weighted by molar-refractivity contribution is 6.31. The lowest BCUT2D eigenvalue weighted by Crippen LogP contribution is -2.47. The van der Waals surface area contributed by atoms with Crippen molar-refractivity contribution in [3.63, 3.8) is 0 Å². The number of nitriles is 1. The molecule has 5 rings (SSSR count). The number of likely N-dealkylation sites (N-methyl/N-ethyl adjacent to an activating group) is 1. The summed E-state index contributed by atoms with van der Waals surface area (Å²) < 4.78 is 11.2. The van der Waals surface area contributed by atoms with Crippen molar-refractivity contribution in [3.8, 4) is 11.8 Å². The average molecular weight is 406 g/mol. The predicted molar refractivity (Wildman–Crippen MR) is 106 cm³/mol. The van der Waals surface area contributed by atoms with Crippen molar-refractivity contribution in [1.82, 2.24) is 0 Å². The number of para-hydroxylation sites is 1. The smallest absolute Gasteiger partial charge is 0.345 e. The molecule has 0 bridgehead atoms. The highest BCUT2D eigenvalue weighted by atomic mass is 35.5. The van der Waals surface area contributed by atoms with Gasteiger partial charge in [0.15, 0.2) is 11.2 Å². The van der Waals surface area contributed by atoms with E-state index in [0.717, 1.165) is 0 Å². The van der Waals surface area contributed by atoms with Crippen LogP contribution in [0.25, 0.3) is 11.0 Å². The van der Waals surface area contributed by atoms with Crippen LogP contribution < -0.4 is 21.0 Å². The van der Waals surface area contributed by atoms with Gasteiger partial charge >= 0.3 is 5.63 Å². The lowest BCUT2D eigenvalue weighted by Gasteiger charge is -2.33. The molecule has 2 aliphatic heterocycles. The first-order chi connectivity index (χ1) is 13.9. The summed E-state index contributed by atoms with van der Waals surface area (Å²) in [6.45, 7) is 0. The molecule has 2 N–H and O–H groups in total. The zero-order valence-electron chi connectivity index (χ0n) is 15.0. The molecule has 8 heteroatoms. The Kier molecular flexibility index (Phi) is 3.37. The highest BCUT2D eigenvalue weighted by Gasteiger charge is 2.60. The van der Waals surface area contributed by atoms with E-state index in [1.54, 1.807) is 49.5 Å². The first kappa shape index (κ1) is 17.3. The van der Waals surface area contributed by atoms with Crippen LogP contribution >= 0.6 is 11.6 Å². The number of rotatable bonds is 0. The van der Waals surface area contributed by atoms with Crippen molar-refractivity contribution in [2.24, 2.45) is 5.73 Å². The lowest BCUT2D eigenvalue weighted by molar-refractivity contribution is -0.120. The normalized spacial score (nSPS) is 19.9. The van der Waals surface area contributed by atoms with Gasteiger partial charge in [-0.25, -0.2) is 4.79 Å². The largest absolute Gasteiger partial charge is 0.439 e. The summed E-state index contributed by atoms with van der Waals surface area (Å²) in [5.41, 5.74) is 4.43. The number of carbonyl (C=O) groups is 1. The van der Waals surface area contributed by atoms with Gasteiger partial charge in [-0.05, 0) is 30.3 Å². The van der Waals surface area contributed by atoms with Gasteiger partial charge in [-0.15, -0.1) is 0 Å². The van der Waals surface area contributed by atoms with E-state index in [0.29, 0.717) is 21.7 Å². The third-order valence-electron chi connectivity index (χ3n) is 5.44. The van der Waals surface area contributed by atoms with Gasteiger partial charge < -0.3 is 19.8 Å².